The third-order valence-electron chi connectivity index (χ3n) is 2.67. The third-order valence-corrected chi connectivity index (χ3v) is 2.67. The summed E-state index contributed by atoms with van der Waals surface area (Å²) in [4.78, 5) is 17.5. The van der Waals surface area contributed by atoms with Gasteiger partial charge >= 0.3 is 23.6 Å². The Bertz CT molecular complexity index is 705. The molecule has 1 aromatic heterocycles. The summed E-state index contributed by atoms with van der Waals surface area (Å²) >= 11 is 0. The predicted molar refractivity (Wildman–Crippen MR) is 71.5 cm³/mol. The lowest BCUT2D eigenvalue weighted by Gasteiger charge is -2.09. The van der Waals surface area contributed by atoms with Gasteiger partial charge < -0.3 is 9.47 Å². The summed E-state index contributed by atoms with van der Waals surface area (Å²) in [5, 5.41) is 11.0. The van der Waals surface area contributed by atoms with Gasteiger partial charge in [-0.3, -0.25) is 10.1 Å². The second kappa shape index (κ2) is 6.46. The maximum absolute atomic E-state index is 12.3. The largest absolute Gasteiger partial charge is 0.476 e. The van der Waals surface area contributed by atoms with E-state index < -0.39 is 23.2 Å². The van der Waals surface area contributed by atoms with E-state index in [0.29, 0.717) is 0 Å². The molecule has 0 unspecified atom stereocenters. The molecular weight excluding hydrogens is 319 g/mol. The van der Waals surface area contributed by atoms with Crippen LogP contribution in [0.5, 0.6) is 17.5 Å². The highest BCUT2D eigenvalue weighted by molar-refractivity contribution is 5.50. The molecule has 0 atom stereocenters. The van der Waals surface area contributed by atoms with Crippen LogP contribution in [0.3, 0.4) is 0 Å². The lowest BCUT2D eigenvalue weighted by Crippen LogP contribution is -2.11. The molecule has 0 bridgehead atoms. The smallest absolute Gasteiger partial charge is 0.393 e. The number of ether oxygens (including phenoxy) is 2. The van der Waals surface area contributed by atoms with E-state index in [-0.39, 0.29) is 23.1 Å². The van der Waals surface area contributed by atoms with Crippen LogP contribution in [-0.2, 0) is 6.42 Å². The molecule has 122 valence electrons. The van der Waals surface area contributed by atoms with Crippen LogP contribution < -0.4 is 9.47 Å². The standard InChI is InChI=1S/C13H10F3N3O4/c1-22-11-10(19(20)21)12(18-7-17-11)23-9-4-2-8(3-5-9)6-13(14,15)16/h2-5,7H,6H2,1H3. The van der Waals surface area contributed by atoms with Gasteiger partial charge in [0.25, 0.3) is 0 Å². The van der Waals surface area contributed by atoms with Crippen LogP contribution in [-0.4, -0.2) is 28.2 Å². The zero-order chi connectivity index (χ0) is 17.0. The molecule has 0 radical (unpaired) electrons. The zero-order valence-corrected chi connectivity index (χ0v) is 11.7. The van der Waals surface area contributed by atoms with E-state index in [4.69, 9.17) is 9.47 Å². The van der Waals surface area contributed by atoms with Crippen molar-refractivity contribution in [1.82, 2.24) is 9.97 Å². The summed E-state index contributed by atoms with van der Waals surface area (Å²) in [6, 6.07) is 4.96. The number of halogens is 3. The van der Waals surface area contributed by atoms with Crippen molar-refractivity contribution in [3.63, 3.8) is 0 Å². The summed E-state index contributed by atoms with van der Waals surface area (Å²) in [6.07, 6.45) is -4.38. The van der Waals surface area contributed by atoms with Gasteiger partial charge in [0, 0.05) is 0 Å². The van der Waals surface area contributed by atoms with Gasteiger partial charge in [-0.2, -0.15) is 23.1 Å². The monoisotopic (exact) mass is 329 g/mol. The Morgan fingerprint density at radius 2 is 1.78 bits per heavy atom. The van der Waals surface area contributed by atoms with Crippen LogP contribution in [0.25, 0.3) is 0 Å². The normalized spacial score (nSPS) is 11.1. The number of nitro groups is 1. The van der Waals surface area contributed by atoms with Gasteiger partial charge in [0.1, 0.15) is 12.1 Å². The van der Waals surface area contributed by atoms with Crippen LogP contribution >= 0.6 is 0 Å². The molecule has 0 saturated heterocycles. The van der Waals surface area contributed by atoms with Gasteiger partial charge in [0.2, 0.25) is 0 Å². The maximum Gasteiger partial charge on any atom is 0.393 e. The lowest BCUT2D eigenvalue weighted by atomic mass is 10.1. The zero-order valence-electron chi connectivity index (χ0n) is 11.7. The van der Waals surface area contributed by atoms with Crippen LogP contribution in [0.2, 0.25) is 0 Å². The fourth-order valence-electron chi connectivity index (χ4n) is 1.75. The average Bonchev–Trinajstić information content (AvgIpc) is 2.47. The van der Waals surface area contributed by atoms with Gasteiger partial charge in [-0.05, 0) is 17.7 Å². The molecule has 0 fully saturated rings. The quantitative estimate of drug-likeness (QED) is 0.618. The number of aromatic nitrogens is 2. The molecule has 0 spiro atoms. The number of hydrogen-bond acceptors (Lipinski definition) is 6. The summed E-state index contributed by atoms with van der Waals surface area (Å²) in [6.45, 7) is 0. The maximum atomic E-state index is 12.3. The second-order valence-electron chi connectivity index (χ2n) is 4.33. The van der Waals surface area contributed by atoms with Crippen molar-refractivity contribution in [3.8, 4) is 17.5 Å². The van der Waals surface area contributed by atoms with Gasteiger partial charge in [0.05, 0.1) is 18.5 Å². The van der Waals surface area contributed by atoms with Crippen LogP contribution in [0, 0.1) is 10.1 Å². The highest BCUT2D eigenvalue weighted by Gasteiger charge is 2.28. The molecule has 0 saturated carbocycles. The number of nitrogens with zero attached hydrogens (tertiary/aromatic N) is 3. The number of benzene rings is 1. The van der Waals surface area contributed by atoms with E-state index in [0.717, 1.165) is 6.33 Å². The molecule has 0 aliphatic carbocycles. The Labute approximate surface area is 127 Å². The molecule has 1 heterocycles. The fraction of sp³-hybridized carbons (Fsp3) is 0.231. The second-order valence-corrected chi connectivity index (χ2v) is 4.33. The molecule has 1 aromatic carbocycles. The minimum atomic E-state index is -4.32. The molecule has 23 heavy (non-hydrogen) atoms. The van der Waals surface area contributed by atoms with Crippen molar-refractivity contribution in [2.24, 2.45) is 0 Å². The Morgan fingerprint density at radius 1 is 1.17 bits per heavy atom. The van der Waals surface area contributed by atoms with Gasteiger partial charge in [-0.25, -0.2) is 0 Å². The minimum absolute atomic E-state index is 0.0413. The Morgan fingerprint density at radius 3 is 2.30 bits per heavy atom. The number of alkyl halides is 3. The topological polar surface area (TPSA) is 87.4 Å². The molecule has 0 aliphatic heterocycles. The van der Waals surface area contributed by atoms with Crippen molar-refractivity contribution in [2.45, 2.75) is 12.6 Å². The van der Waals surface area contributed by atoms with Crippen LogP contribution in [0.4, 0.5) is 18.9 Å². The van der Waals surface area contributed by atoms with Crippen LogP contribution in [0.1, 0.15) is 5.56 Å². The van der Waals surface area contributed by atoms with E-state index in [1.807, 2.05) is 0 Å². The first-order chi connectivity index (χ1) is 10.8. The van der Waals surface area contributed by atoms with E-state index in [1.165, 1.54) is 31.4 Å². The van der Waals surface area contributed by atoms with Crippen molar-refractivity contribution in [3.05, 3.63) is 46.3 Å². The molecular formula is C13H10F3N3O4. The Balaban J connectivity index is 2.24. The number of rotatable bonds is 5. The number of hydrogen-bond donors (Lipinski definition) is 0. The number of methoxy groups -OCH3 is 1. The molecule has 2 rings (SSSR count). The van der Waals surface area contributed by atoms with E-state index >= 15 is 0 Å². The fourth-order valence-corrected chi connectivity index (χ4v) is 1.75. The first kappa shape index (κ1) is 16.5. The summed E-state index contributed by atoms with van der Waals surface area (Å²) in [5.74, 6) is -0.557. The SMILES string of the molecule is COc1ncnc(Oc2ccc(CC(F)(F)F)cc2)c1[N+](=O)[O-]. The van der Waals surface area contributed by atoms with Gasteiger partial charge in [0.15, 0.2) is 0 Å². The van der Waals surface area contributed by atoms with Crippen molar-refractivity contribution >= 4 is 5.69 Å². The van der Waals surface area contributed by atoms with Crippen molar-refractivity contribution < 1.29 is 27.6 Å². The van der Waals surface area contributed by atoms with Gasteiger partial charge in [-0.1, -0.05) is 12.1 Å². The van der Waals surface area contributed by atoms with Crippen molar-refractivity contribution in [1.29, 1.82) is 0 Å². The van der Waals surface area contributed by atoms with E-state index in [2.05, 4.69) is 9.97 Å². The highest BCUT2D eigenvalue weighted by Crippen LogP contribution is 2.35. The lowest BCUT2D eigenvalue weighted by molar-refractivity contribution is -0.387. The highest BCUT2D eigenvalue weighted by atomic mass is 19.4. The molecule has 0 N–H and O–H groups in total. The average molecular weight is 329 g/mol. The van der Waals surface area contributed by atoms with E-state index in [1.54, 1.807) is 0 Å². The Kier molecular flexibility index (Phi) is 4.63. The molecule has 7 nitrogen and oxygen atoms in total. The minimum Gasteiger partial charge on any atom is -0.476 e. The predicted octanol–water partition coefficient (Wildman–Crippen LogP) is 3.29. The first-order valence-electron chi connectivity index (χ1n) is 6.17. The van der Waals surface area contributed by atoms with Crippen molar-refractivity contribution in [2.75, 3.05) is 7.11 Å². The molecule has 0 amide bonds. The third kappa shape index (κ3) is 4.28. The first-order valence-corrected chi connectivity index (χ1v) is 6.17. The molecule has 10 heteroatoms. The summed E-state index contributed by atoms with van der Waals surface area (Å²) < 4.78 is 46.8. The van der Waals surface area contributed by atoms with Crippen LogP contribution in [0.15, 0.2) is 30.6 Å². The van der Waals surface area contributed by atoms with E-state index in [9.17, 15) is 23.3 Å². The van der Waals surface area contributed by atoms with Gasteiger partial charge in [-0.15, -0.1) is 0 Å². The summed E-state index contributed by atoms with van der Waals surface area (Å²) in [5.41, 5.74) is -0.533. The molecule has 0 aliphatic rings. The Hall–Kier alpha value is -2.91. The molecule has 2 aromatic rings. The summed E-state index contributed by atoms with van der Waals surface area (Å²) in [7, 11) is 1.20.